The van der Waals surface area contributed by atoms with Gasteiger partial charge >= 0.3 is 0 Å². The number of halogens is 1. The molecule has 0 amide bonds. The summed E-state index contributed by atoms with van der Waals surface area (Å²) >= 11 is 7.92. The van der Waals surface area contributed by atoms with Gasteiger partial charge in [0.25, 0.3) is 0 Å². The molecule has 2 nitrogen and oxygen atoms in total. The first-order valence-corrected chi connectivity index (χ1v) is 6.71. The lowest BCUT2D eigenvalue weighted by atomic mass is 10.2. The van der Waals surface area contributed by atoms with Crippen molar-refractivity contribution in [3.63, 3.8) is 0 Å². The van der Waals surface area contributed by atoms with Crippen molar-refractivity contribution >= 4 is 34.3 Å². The molecule has 1 heterocycles. The van der Waals surface area contributed by atoms with Crippen LogP contribution in [0.4, 0.5) is 11.4 Å². The largest absolute Gasteiger partial charge is 0.381 e. The molecular formula is C13H15ClN2S. The van der Waals surface area contributed by atoms with E-state index in [1.807, 2.05) is 37.2 Å². The standard InChI is InChI=1S/C13H15ClN2S/c1-16(2)13-4-3-11(7-12(13)14)15-8-10-5-6-17-9-10/h3-7,9,15H,8H2,1-2H3. The summed E-state index contributed by atoms with van der Waals surface area (Å²) in [4.78, 5) is 2.00. The van der Waals surface area contributed by atoms with Gasteiger partial charge in [0, 0.05) is 26.3 Å². The Morgan fingerprint density at radius 3 is 2.71 bits per heavy atom. The Kier molecular flexibility index (Phi) is 3.92. The van der Waals surface area contributed by atoms with Gasteiger partial charge in [0.05, 0.1) is 10.7 Å². The minimum absolute atomic E-state index is 0.769. The summed E-state index contributed by atoms with van der Waals surface area (Å²) < 4.78 is 0. The quantitative estimate of drug-likeness (QED) is 0.897. The van der Waals surface area contributed by atoms with Crippen LogP contribution in [0.25, 0.3) is 0 Å². The van der Waals surface area contributed by atoms with Crippen molar-refractivity contribution in [3.8, 4) is 0 Å². The lowest BCUT2D eigenvalue weighted by Gasteiger charge is -2.15. The maximum atomic E-state index is 6.21. The minimum atomic E-state index is 0.769. The van der Waals surface area contributed by atoms with Gasteiger partial charge in [-0.15, -0.1) is 0 Å². The number of nitrogens with zero attached hydrogens (tertiary/aromatic N) is 1. The Morgan fingerprint density at radius 1 is 1.29 bits per heavy atom. The summed E-state index contributed by atoms with van der Waals surface area (Å²) in [6, 6.07) is 8.16. The molecule has 0 saturated carbocycles. The molecule has 0 unspecified atom stereocenters. The Hall–Kier alpha value is -1.19. The number of hydrogen-bond donors (Lipinski definition) is 1. The normalized spacial score (nSPS) is 10.3. The topological polar surface area (TPSA) is 15.3 Å². The van der Waals surface area contributed by atoms with Gasteiger partial charge in [-0.25, -0.2) is 0 Å². The molecule has 0 aliphatic carbocycles. The Morgan fingerprint density at radius 2 is 2.12 bits per heavy atom. The molecule has 17 heavy (non-hydrogen) atoms. The van der Waals surface area contributed by atoms with Crippen LogP contribution < -0.4 is 10.2 Å². The summed E-state index contributed by atoms with van der Waals surface area (Å²) in [5.41, 5.74) is 3.38. The van der Waals surface area contributed by atoms with Crippen molar-refractivity contribution in [1.29, 1.82) is 0 Å². The van der Waals surface area contributed by atoms with Gasteiger partial charge in [-0.1, -0.05) is 11.6 Å². The zero-order valence-corrected chi connectivity index (χ0v) is 11.5. The van der Waals surface area contributed by atoms with Crippen LogP contribution in [-0.2, 0) is 6.54 Å². The van der Waals surface area contributed by atoms with Gasteiger partial charge in [0.1, 0.15) is 0 Å². The molecule has 0 aliphatic rings. The Bertz CT molecular complexity index is 480. The number of nitrogens with one attached hydrogen (secondary N) is 1. The lowest BCUT2D eigenvalue weighted by Crippen LogP contribution is -2.09. The number of rotatable bonds is 4. The van der Waals surface area contributed by atoms with Gasteiger partial charge in [-0.05, 0) is 40.6 Å². The van der Waals surface area contributed by atoms with Gasteiger partial charge in [0.15, 0.2) is 0 Å². The molecule has 0 aliphatic heterocycles. The molecule has 0 radical (unpaired) electrons. The van der Waals surface area contributed by atoms with E-state index >= 15 is 0 Å². The highest BCUT2D eigenvalue weighted by Gasteiger charge is 2.03. The van der Waals surface area contributed by atoms with Crippen LogP contribution in [0.5, 0.6) is 0 Å². The Balaban J connectivity index is 2.05. The summed E-state index contributed by atoms with van der Waals surface area (Å²) in [7, 11) is 3.97. The highest BCUT2D eigenvalue weighted by atomic mass is 35.5. The van der Waals surface area contributed by atoms with E-state index in [1.54, 1.807) is 11.3 Å². The van der Waals surface area contributed by atoms with Crippen LogP contribution >= 0.6 is 22.9 Å². The maximum absolute atomic E-state index is 6.21. The first-order valence-electron chi connectivity index (χ1n) is 5.38. The van der Waals surface area contributed by atoms with E-state index in [4.69, 9.17) is 11.6 Å². The minimum Gasteiger partial charge on any atom is -0.381 e. The molecule has 2 aromatic rings. The molecule has 0 atom stereocenters. The van der Waals surface area contributed by atoms with Gasteiger partial charge in [0.2, 0.25) is 0 Å². The molecule has 2 rings (SSSR count). The van der Waals surface area contributed by atoms with Gasteiger partial charge in [-0.2, -0.15) is 11.3 Å². The summed E-state index contributed by atoms with van der Waals surface area (Å²) in [5, 5.41) is 8.35. The summed E-state index contributed by atoms with van der Waals surface area (Å²) in [6.45, 7) is 0.834. The average Bonchev–Trinajstić information content (AvgIpc) is 2.78. The van der Waals surface area contributed by atoms with E-state index in [0.29, 0.717) is 0 Å². The van der Waals surface area contributed by atoms with E-state index in [9.17, 15) is 0 Å². The second-order valence-corrected chi connectivity index (χ2v) is 5.23. The summed E-state index contributed by atoms with van der Waals surface area (Å²) in [5.74, 6) is 0. The van der Waals surface area contributed by atoms with Gasteiger partial charge < -0.3 is 10.2 Å². The molecule has 1 aromatic heterocycles. The van der Waals surface area contributed by atoms with Crippen LogP contribution in [0.3, 0.4) is 0 Å². The molecule has 0 fully saturated rings. The zero-order valence-electron chi connectivity index (χ0n) is 9.90. The van der Waals surface area contributed by atoms with Crippen LogP contribution in [0, 0.1) is 0 Å². The van der Waals surface area contributed by atoms with E-state index in [-0.39, 0.29) is 0 Å². The highest BCUT2D eigenvalue weighted by Crippen LogP contribution is 2.27. The van der Waals surface area contributed by atoms with Crippen molar-refractivity contribution in [1.82, 2.24) is 0 Å². The van der Waals surface area contributed by atoms with Crippen LogP contribution in [0.1, 0.15) is 5.56 Å². The van der Waals surface area contributed by atoms with Crippen molar-refractivity contribution < 1.29 is 0 Å². The van der Waals surface area contributed by atoms with Gasteiger partial charge in [-0.3, -0.25) is 0 Å². The number of benzene rings is 1. The van der Waals surface area contributed by atoms with E-state index in [1.165, 1.54) is 5.56 Å². The molecule has 0 saturated heterocycles. The first kappa shape index (κ1) is 12.3. The Labute approximate surface area is 111 Å². The van der Waals surface area contributed by atoms with Crippen LogP contribution in [0.2, 0.25) is 5.02 Å². The van der Waals surface area contributed by atoms with E-state index < -0.39 is 0 Å². The van der Waals surface area contributed by atoms with Crippen LogP contribution in [-0.4, -0.2) is 14.1 Å². The number of anilines is 2. The maximum Gasteiger partial charge on any atom is 0.0659 e. The average molecular weight is 267 g/mol. The fourth-order valence-electron chi connectivity index (χ4n) is 1.58. The molecule has 1 aromatic carbocycles. The van der Waals surface area contributed by atoms with Crippen molar-refractivity contribution in [2.75, 3.05) is 24.3 Å². The zero-order chi connectivity index (χ0) is 12.3. The first-order chi connectivity index (χ1) is 8.16. The predicted molar refractivity (Wildman–Crippen MR) is 77.4 cm³/mol. The van der Waals surface area contributed by atoms with Crippen molar-refractivity contribution in [2.45, 2.75) is 6.54 Å². The highest BCUT2D eigenvalue weighted by molar-refractivity contribution is 7.07. The molecule has 4 heteroatoms. The predicted octanol–water partition coefficient (Wildman–Crippen LogP) is 4.08. The third kappa shape index (κ3) is 3.14. The summed E-state index contributed by atoms with van der Waals surface area (Å²) in [6.07, 6.45) is 0. The third-order valence-corrected chi connectivity index (χ3v) is 3.54. The molecule has 1 N–H and O–H groups in total. The van der Waals surface area contributed by atoms with E-state index in [0.717, 1.165) is 22.9 Å². The molecule has 0 bridgehead atoms. The fraction of sp³-hybridized carbons (Fsp3) is 0.231. The SMILES string of the molecule is CN(C)c1ccc(NCc2ccsc2)cc1Cl. The van der Waals surface area contributed by atoms with Crippen molar-refractivity contribution in [2.24, 2.45) is 0 Å². The molecule has 0 spiro atoms. The number of hydrogen-bond acceptors (Lipinski definition) is 3. The molecule has 90 valence electrons. The molecular weight excluding hydrogens is 252 g/mol. The van der Waals surface area contributed by atoms with Crippen molar-refractivity contribution in [3.05, 3.63) is 45.6 Å². The second kappa shape index (κ2) is 5.43. The van der Waals surface area contributed by atoms with Crippen LogP contribution in [0.15, 0.2) is 35.0 Å². The van der Waals surface area contributed by atoms with E-state index in [2.05, 4.69) is 22.1 Å². The number of thiophene rings is 1. The smallest absolute Gasteiger partial charge is 0.0659 e. The fourth-order valence-corrected chi connectivity index (χ4v) is 2.60. The lowest BCUT2D eigenvalue weighted by molar-refractivity contribution is 1.13. The third-order valence-electron chi connectivity index (χ3n) is 2.51. The second-order valence-electron chi connectivity index (χ2n) is 4.05. The monoisotopic (exact) mass is 266 g/mol.